The number of nitrogens with one attached hydrogen (secondary N) is 2. The topological polar surface area (TPSA) is 44.4 Å². The van der Waals surface area contributed by atoms with Gasteiger partial charge >= 0.3 is 0 Å². The van der Waals surface area contributed by atoms with Crippen molar-refractivity contribution in [1.29, 1.82) is 0 Å². The van der Waals surface area contributed by atoms with Crippen LogP contribution in [0.3, 0.4) is 0 Å². The Hall–Kier alpha value is -0.610. The third-order valence-corrected chi connectivity index (χ3v) is 3.41. The molecule has 2 rings (SSSR count). The molecule has 0 aromatic rings. The van der Waals surface area contributed by atoms with Crippen molar-refractivity contribution in [2.75, 3.05) is 39.3 Å². The zero-order valence-corrected chi connectivity index (χ0v) is 9.30. The molecule has 0 unspecified atom stereocenters. The van der Waals surface area contributed by atoms with Gasteiger partial charge in [0.25, 0.3) is 0 Å². The Labute approximate surface area is 91.4 Å². The molecule has 0 radical (unpaired) electrons. The van der Waals surface area contributed by atoms with Crippen LogP contribution in [-0.2, 0) is 4.79 Å². The number of hydrogen-bond acceptors (Lipinski definition) is 3. The Morgan fingerprint density at radius 3 is 2.67 bits per heavy atom. The van der Waals surface area contributed by atoms with Crippen molar-refractivity contribution in [1.82, 2.24) is 15.5 Å². The number of carbonyl (C=O) groups is 1. The molecule has 2 aliphatic rings. The molecule has 4 nitrogen and oxygen atoms in total. The molecule has 2 N–H and O–H groups in total. The van der Waals surface area contributed by atoms with Crippen LogP contribution in [0.4, 0.5) is 0 Å². The fourth-order valence-electron chi connectivity index (χ4n) is 2.09. The highest BCUT2D eigenvalue weighted by molar-refractivity contribution is 5.79. The van der Waals surface area contributed by atoms with Crippen molar-refractivity contribution in [3.63, 3.8) is 0 Å². The standard InChI is InChI=1S/C11H21N3O/c15-11(10-2-1-3-10)13-6-9-14-7-4-12-5-8-14/h10,12H,1-9H2,(H,13,15). The van der Waals surface area contributed by atoms with Gasteiger partial charge < -0.3 is 10.6 Å². The molecule has 1 saturated heterocycles. The van der Waals surface area contributed by atoms with Gasteiger partial charge in [-0.25, -0.2) is 0 Å². The van der Waals surface area contributed by atoms with Crippen LogP contribution < -0.4 is 10.6 Å². The van der Waals surface area contributed by atoms with Gasteiger partial charge in [-0.1, -0.05) is 6.42 Å². The Morgan fingerprint density at radius 1 is 1.33 bits per heavy atom. The van der Waals surface area contributed by atoms with Crippen molar-refractivity contribution < 1.29 is 4.79 Å². The van der Waals surface area contributed by atoms with Gasteiger partial charge in [-0.2, -0.15) is 0 Å². The van der Waals surface area contributed by atoms with E-state index in [1.165, 1.54) is 6.42 Å². The Bertz CT molecular complexity index is 210. The van der Waals surface area contributed by atoms with E-state index in [1.807, 2.05) is 0 Å². The Morgan fingerprint density at radius 2 is 2.07 bits per heavy atom. The summed E-state index contributed by atoms with van der Waals surface area (Å²) in [5, 5.41) is 6.35. The van der Waals surface area contributed by atoms with Gasteiger partial charge in [-0.15, -0.1) is 0 Å². The number of nitrogens with zero attached hydrogens (tertiary/aromatic N) is 1. The predicted octanol–water partition coefficient (Wildman–Crippen LogP) is -0.192. The maximum absolute atomic E-state index is 11.5. The summed E-state index contributed by atoms with van der Waals surface area (Å²) in [6, 6.07) is 0. The second kappa shape index (κ2) is 5.47. The predicted molar refractivity (Wildman–Crippen MR) is 59.7 cm³/mol. The van der Waals surface area contributed by atoms with E-state index in [9.17, 15) is 4.79 Å². The summed E-state index contributed by atoms with van der Waals surface area (Å²) >= 11 is 0. The number of rotatable bonds is 4. The van der Waals surface area contributed by atoms with Gasteiger partial charge in [0.1, 0.15) is 0 Å². The molecule has 0 atom stereocenters. The van der Waals surface area contributed by atoms with Crippen LogP contribution in [0.2, 0.25) is 0 Å². The largest absolute Gasteiger partial charge is 0.355 e. The molecule has 1 aliphatic heterocycles. The minimum absolute atomic E-state index is 0.274. The molecule has 0 aromatic heterocycles. The zero-order chi connectivity index (χ0) is 10.5. The Balaban J connectivity index is 1.55. The van der Waals surface area contributed by atoms with Crippen LogP contribution in [0.5, 0.6) is 0 Å². The molecule has 1 amide bonds. The highest BCUT2D eigenvalue weighted by Gasteiger charge is 2.24. The van der Waals surface area contributed by atoms with Crippen molar-refractivity contribution in [2.24, 2.45) is 5.92 Å². The molecule has 0 bridgehead atoms. The summed E-state index contributed by atoms with van der Waals surface area (Å²) in [6.45, 7) is 6.20. The Kier molecular flexibility index (Phi) is 3.97. The molecular weight excluding hydrogens is 190 g/mol. The van der Waals surface area contributed by atoms with Gasteiger partial charge in [0, 0.05) is 45.2 Å². The lowest BCUT2D eigenvalue weighted by atomic mass is 9.85. The first-order valence-electron chi connectivity index (χ1n) is 6.07. The van der Waals surface area contributed by atoms with E-state index >= 15 is 0 Å². The van der Waals surface area contributed by atoms with E-state index in [0.29, 0.717) is 5.92 Å². The normalized spacial score (nSPS) is 23.5. The fourth-order valence-corrected chi connectivity index (χ4v) is 2.09. The molecule has 4 heteroatoms. The van der Waals surface area contributed by atoms with Gasteiger partial charge in [0.05, 0.1) is 0 Å². The van der Waals surface area contributed by atoms with Crippen LogP contribution in [0.1, 0.15) is 19.3 Å². The quantitative estimate of drug-likeness (QED) is 0.677. The molecule has 1 heterocycles. The lowest BCUT2D eigenvalue weighted by molar-refractivity contribution is -0.127. The SMILES string of the molecule is O=C(NCCN1CCNCC1)C1CCC1. The van der Waals surface area contributed by atoms with E-state index in [2.05, 4.69) is 15.5 Å². The van der Waals surface area contributed by atoms with Crippen LogP contribution in [0, 0.1) is 5.92 Å². The van der Waals surface area contributed by atoms with Gasteiger partial charge in [0.2, 0.25) is 5.91 Å². The van der Waals surface area contributed by atoms with Crippen LogP contribution in [0.15, 0.2) is 0 Å². The monoisotopic (exact) mass is 211 g/mol. The molecule has 2 fully saturated rings. The van der Waals surface area contributed by atoms with Crippen molar-refractivity contribution in [3.8, 4) is 0 Å². The number of amides is 1. The molecule has 1 aliphatic carbocycles. The minimum atomic E-state index is 0.274. The van der Waals surface area contributed by atoms with Gasteiger partial charge in [-0.05, 0) is 12.8 Å². The zero-order valence-electron chi connectivity index (χ0n) is 9.30. The van der Waals surface area contributed by atoms with E-state index < -0.39 is 0 Å². The third-order valence-electron chi connectivity index (χ3n) is 3.41. The highest BCUT2D eigenvalue weighted by Crippen LogP contribution is 2.25. The average Bonchev–Trinajstić information content (AvgIpc) is 2.16. The first-order chi connectivity index (χ1) is 7.36. The van der Waals surface area contributed by atoms with Crippen LogP contribution >= 0.6 is 0 Å². The maximum Gasteiger partial charge on any atom is 0.223 e. The summed E-state index contributed by atoms with van der Waals surface area (Å²) in [4.78, 5) is 13.9. The maximum atomic E-state index is 11.5. The first kappa shape index (κ1) is 10.9. The average molecular weight is 211 g/mol. The summed E-state index contributed by atoms with van der Waals surface area (Å²) in [5.74, 6) is 0.601. The number of carbonyl (C=O) groups excluding carboxylic acids is 1. The number of hydrogen-bond donors (Lipinski definition) is 2. The van der Waals surface area contributed by atoms with Crippen molar-refractivity contribution >= 4 is 5.91 Å². The fraction of sp³-hybridized carbons (Fsp3) is 0.909. The summed E-state index contributed by atoms with van der Waals surface area (Å²) in [5.41, 5.74) is 0. The van der Waals surface area contributed by atoms with E-state index in [-0.39, 0.29) is 5.91 Å². The smallest absolute Gasteiger partial charge is 0.223 e. The molecule has 0 spiro atoms. The third kappa shape index (κ3) is 3.18. The lowest BCUT2D eigenvalue weighted by Gasteiger charge is -2.28. The van der Waals surface area contributed by atoms with Gasteiger partial charge in [0.15, 0.2) is 0 Å². The van der Waals surface area contributed by atoms with E-state index in [0.717, 1.165) is 52.1 Å². The van der Waals surface area contributed by atoms with Gasteiger partial charge in [-0.3, -0.25) is 9.69 Å². The first-order valence-corrected chi connectivity index (χ1v) is 6.07. The van der Waals surface area contributed by atoms with Crippen molar-refractivity contribution in [3.05, 3.63) is 0 Å². The van der Waals surface area contributed by atoms with Crippen LogP contribution in [-0.4, -0.2) is 50.1 Å². The second-order valence-corrected chi connectivity index (χ2v) is 4.51. The highest BCUT2D eigenvalue weighted by atomic mass is 16.1. The number of piperazine rings is 1. The van der Waals surface area contributed by atoms with E-state index in [4.69, 9.17) is 0 Å². The lowest BCUT2D eigenvalue weighted by Crippen LogP contribution is -2.47. The summed E-state index contributed by atoms with van der Waals surface area (Å²) in [6.07, 6.45) is 3.43. The molecule has 86 valence electrons. The molecule has 0 aromatic carbocycles. The minimum Gasteiger partial charge on any atom is -0.355 e. The molecule has 15 heavy (non-hydrogen) atoms. The van der Waals surface area contributed by atoms with Crippen LogP contribution in [0.25, 0.3) is 0 Å². The van der Waals surface area contributed by atoms with E-state index in [1.54, 1.807) is 0 Å². The summed E-state index contributed by atoms with van der Waals surface area (Å²) < 4.78 is 0. The molecular formula is C11H21N3O. The second-order valence-electron chi connectivity index (χ2n) is 4.51. The van der Waals surface area contributed by atoms with Crippen molar-refractivity contribution in [2.45, 2.75) is 19.3 Å². The summed E-state index contributed by atoms with van der Waals surface area (Å²) in [7, 11) is 0. The molecule has 1 saturated carbocycles.